The van der Waals surface area contributed by atoms with Crippen molar-refractivity contribution in [1.82, 2.24) is 0 Å². The molecule has 1 rings (SSSR count). The Morgan fingerprint density at radius 3 is 2.79 bits per heavy atom. The molecule has 0 fully saturated rings. The molecule has 4 N–H and O–H groups in total. The van der Waals surface area contributed by atoms with Gasteiger partial charge in [-0.1, -0.05) is 18.2 Å². The van der Waals surface area contributed by atoms with Gasteiger partial charge in [0.1, 0.15) is 5.75 Å². The second kappa shape index (κ2) is 4.62. The van der Waals surface area contributed by atoms with Crippen LogP contribution in [0, 0.1) is 6.92 Å². The summed E-state index contributed by atoms with van der Waals surface area (Å²) in [6.07, 6.45) is 0. The van der Waals surface area contributed by atoms with Crippen LogP contribution < -0.4 is 16.2 Å². The van der Waals surface area contributed by atoms with E-state index in [0.29, 0.717) is 12.3 Å². The number of amides is 1. The zero-order valence-corrected chi connectivity index (χ0v) is 8.12. The first-order valence-corrected chi connectivity index (χ1v) is 4.34. The van der Waals surface area contributed by atoms with Crippen molar-refractivity contribution in [3.63, 3.8) is 0 Å². The van der Waals surface area contributed by atoms with Crippen LogP contribution in [0.4, 0.5) is 0 Å². The van der Waals surface area contributed by atoms with Crippen LogP contribution >= 0.6 is 0 Å². The van der Waals surface area contributed by atoms with Crippen LogP contribution in [-0.2, 0) is 11.3 Å². The van der Waals surface area contributed by atoms with Gasteiger partial charge in [-0.15, -0.1) is 0 Å². The van der Waals surface area contributed by atoms with Crippen LogP contribution in [0.15, 0.2) is 18.2 Å². The van der Waals surface area contributed by atoms with Crippen LogP contribution in [0.25, 0.3) is 0 Å². The quantitative estimate of drug-likeness (QED) is 0.724. The van der Waals surface area contributed by atoms with Crippen molar-refractivity contribution in [2.75, 3.05) is 6.61 Å². The van der Waals surface area contributed by atoms with Gasteiger partial charge in [0, 0.05) is 12.1 Å². The molecule has 0 spiro atoms. The summed E-state index contributed by atoms with van der Waals surface area (Å²) >= 11 is 0. The lowest BCUT2D eigenvalue weighted by molar-refractivity contribution is -0.119. The predicted molar refractivity (Wildman–Crippen MR) is 53.8 cm³/mol. The van der Waals surface area contributed by atoms with Crippen LogP contribution in [0.1, 0.15) is 11.1 Å². The predicted octanol–water partition coefficient (Wildman–Crippen LogP) is 0.318. The van der Waals surface area contributed by atoms with Crippen LogP contribution in [0.2, 0.25) is 0 Å². The number of benzene rings is 1. The molecule has 0 radical (unpaired) electrons. The highest BCUT2D eigenvalue weighted by molar-refractivity contribution is 5.75. The van der Waals surface area contributed by atoms with Crippen molar-refractivity contribution in [3.8, 4) is 5.75 Å². The van der Waals surface area contributed by atoms with Crippen molar-refractivity contribution in [1.29, 1.82) is 0 Å². The van der Waals surface area contributed by atoms with Gasteiger partial charge in [-0.2, -0.15) is 0 Å². The molecule has 0 bridgehead atoms. The van der Waals surface area contributed by atoms with E-state index in [2.05, 4.69) is 0 Å². The van der Waals surface area contributed by atoms with Crippen molar-refractivity contribution < 1.29 is 9.53 Å². The van der Waals surface area contributed by atoms with E-state index < -0.39 is 5.91 Å². The van der Waals surface area contributed by atoms with Crippen LogP contribution in [0.5, 0.6) is 5.75 Å². The highest BCUT2D eigenvalue weighted by atomic mass is 16.5. The number of hydrogen-bond donors (Lipinski definition) is 2. The summed E-state index contributed by atoms with van der Waals surface area (Å²) in [6, 6.07) is 5.66. The third-order valence-corrected chi connectivity index (χ3v) is 1.87. The van der Waals surface area contributed by atoms with Crippen molar-refractivity contribution in [2.45, 2.75) is 13.5 Å². The second-order valence-electron chi connectivity index (χ2n) is 3.02. The molecule has 0 heterocycles. The summed E-state index contributed by atoms with van der Waals surface area (Å²) in [6.45, 7) is 2.17. The normalized spacial score (nSPS) is 9.86. The summed E-state index contributed by atoms with van der Waals surface area (Å²) in [5, 5.41) is 0. The average molecular weight is 194 g/mol. The molecule has 0 unspecified atom stereocenters. The van der Waals surface area contributed by atoms with Gasteiger partial charge in [-0.05, 0) is 12.5 Å². The zero-order valence-electron chi connectivity index (χ0n) is 8.12. The fourth-order valence-electron chi connectivity index (χ4n) is 1.22. The number of primary amides is 1. The van der Waals surface area contributed by atoms with Crippen molar-refractivity contribution in [2.24, 2.45) is 11.5 Å². The minimum absolute atomic E-state index is 0.113. The fourth-order valence-corrected chi connectivity index (χ4v) is 1.22. The minimum atomic E-state index is -0.490. The van der Waals surface area contributed by atoms with Gasteiger partial charge in [0.25, 0.3) is 5.91 Å². The molecule has 0 aromatic heterocycles. The van der Waals surface area contributed by atoms with Gasteiger partial charge < -0.3 is 16.2 Å². The Kier molecular flexibility index (Phi) is 3.48. The van der Waals surface area contributed by atoms with E-state index in [1.54, 1.807) is 0 Å². The maximum Gasteiger partial charge on any atom is 0.255 e. The lowest BCUT2D eigenvalue weighted by atomic mass is 10.1. The molecule has 0 aliphatic heterocycles. The molecule has 14 heavy (non-hydrogen) atoms. The highest BCUT2D eigenvalue weighted by Gasteiger charge is 2.06. The molecule has 4 heteroatoms. The molecule has 1 aromatic rings. The van der Waals surface area contributed by atoms with E-state index in [0.717, 1.165) is 11.1 Å². The summed E-state index contributed by atoms with van der Waals surface area (Å²) in [7, 11) is 0. The SMILES string of the molecule is Cc1cccc(CN)c1OCC(N)=O. The molecule has 1 amide bonds. The Bertz CT molecular complexity index is 337. The summed E-state index contributed by atoms with van der Waals surface area (Å²) < 4.78 is 5.27. The summed E-state index contributed by atoms with van der Waals surface area (Å²) in [5.74, 6) is 0.171. The Morgan fingerprint density at radius 1 is 1.50 bits per heavy atom. The maximum absolute atomic E-state index is 10.5. The number of hydrogen-bond acceptors (Lipinski definition) is 3. The van der Waals surface area contributed by atoms with E-state index in [-0.39, 0.29) is 6.61 Å². The number of nitrogens with two attached hydrogens (primary N) is 2. The Morgan fingerprint density at radius 2 is 2.21 bits per heavy atom. The molecular formula is C10H14N2O2. The molecule has 0 atom stereocenters. The van der Waals surface area contributed by atoms with E-state index in [9.17, 15) is 4.79 Å². The molecular weight excluding hydrogens is 180 g/mol. The molecule has 0 aliphatic carbocycles. The molecule has 4 nitrogen and oxygen atoms in total. The third kappa shape index (κ3) is 2.47. The van der Waals surface area contributed by atoms with Gasteiger partial charge in [-0.25, -0.2) is 0 Å². The topological polar surface area (TPSA) is 78.3 Å². The average Bonchev–Trinajstić information content (AvgIpc) is 2.15. The van der Waals surface area contributed by atoms with E-state index in [4.69, 9.17) is 16.2 Å². The summed E-state index contributed by atoms with van der Waals surface area (Å²) in [4.78, 5) is 10.5. The number of para-hydroxylation sites is 1. The minimum Gasteiger partial charge on any atom is -0.483 e. The third-order valence-electron chi connectivity index (χ3n) is 1.87. The first-order chi connectivity index (χ1) is 6.65. The molecule has 0 saturated heterocycles. The first-order valence-electron chi connectivity index (χ1n) is 4.34. The number of aryl methyl sites for hydroxylation is 1. The van der Waals surface area contributed by atoms with Crippen molar-refractivity contribution >= 4 is 5.91 Å². The molecule has 0 saturated carbocycles. The molecule has 1 aromatic carbocycles. The lowest BCUT2D eigenvalue weighted by Crippen LogP contribution is -2.21. The number of ether oxygens (including phenoxy) is 1. The van der Waals surface area contributed by atoms with Gasteiger partial charge in [-0.3, -0.25) is 4.79 Å². The Balaban J connectivity index is 2.87. The van der Waals surface area contributed by atoms with Gasteiger partial charge in [0.05, 0.1) is 0 Å². The first kappa shape index (κ1) is 10.5. The highest BCUT2D eigenvalue weighted by Crippen LogP contribution is 2.22. The van der Waals surface area contributed by atoms with Crippen LogP contribution in [0.3, 0.4) is 0 Å². The fraction of sp³-hybridized carbons (Fsp3) is 0.300. The van der Waals surface area contributed by atoms with E-state index in [1.165, 1.54) is 0 Å². The Hall–Kier alpha value is -1.55. The molecule has 0 aliphatic rings. The van der Waals surface area contributed by atoms with Gasteiger partial charge in [0.2, 0.25) is 0 Å². The lowest BCUT2D eigenvalue weighted by Gasteiger charge is -2.11. The maximum atomic E-state index is 10.5. The summed E-state index contributed by atoms with van der Waals surface area (Å²) in [5.41, 5.74) is 12.4. The monoisotopic (exact) mass is 194 g/mol. The number of rotatable bonds is 4. The Labute approximate surface area is 82.8 Å². The van der Waals surface area contributed by atoms with Crippen molar-refractivity contribution in [3.05, 3.63) is 29.3 Å². The smallest absolute Gasteiger partial charge is 0.255 e. The van der Waals surface area contributed by atoms with Crippen LogP contribution in [-0.4, -0.2) is 12.5 Å². The van der Waals surface area contributed by atoms with Gasteiger partial charge >= 0.3 is 0 Å². The largest absolute Gasteiger partial charge is 0.483 e. The zero-order chi connectivity index (χ0) is 10.6. The number of carbonyl (C=O) groups is 1. The number of carbonyl (C=O) groups excluding carboxylic acids is 1. The standard InChI is InChI=1S/C10H14N2O2/c1-7-3-2-4-8(5-11)10(7)14-6-9(12)13/h2-4H,5-6,11H2,1H3,(H2,12,13). The van der Waals surface area contributed by atoms with E-state index >= 15 is 0 Å². The van der Waals surface area contributed by atoms with Gasteiger partial charge in [0.15, 0.2) is 6.61 Å². The van der Waals surface area contributed by atoms with E-state index in [1.807, 2.05) is 25.1 Å². The molecule has 76 valence electrons. The second-order valence-corrected chi connectivity index (χ2v) is 3.02.